The normalized spacial score (nSPS) is 10.2. The first-order valence-electron chi connectivity index (χ1n) is 7.37. The number of methoxy groups -OCH3 is 1. The Labute approximate surface area is 135 Å². The van der Waals surface area contributed by atoms with Crippen LogP contribution >= 0.6 is 0 Å². The number of halogens is 1. The van der Waals surface area contributed by atoms with Gasteiger partial charge in [0.1, 0.15) is 23.9 Å². The fourth-order valence-corrected chi connectivity index (χ4v) is 2.19. The van der Waals surface area contributed by atoms with E-state index in [4.69, 9.17) is 9.47 Å². The third-order valence-electron chi connectivity index (χ3n) is 3.33. The number of benzene rings is 2. The van der Waals surface area contributed by atoms with Gasteiger partial charge in [-0.15, -0.1) is 0 Å². The molecule has 23 heavy (non-hydrogen) atoms. The second-order valence-corrected chi connectivity index (χ2v) is 5.13. The molecule has 0 aromatic heterocycles. The largest absolute Gasteiger partial charge is 0.496 e. The molecular weight excluding hydrogens is 297 g/mol. The molecule has 1 N–H and O–H groups in total. The van der Waals surface area contributed by atoms with E-state index in [2.05, 4.69) is 5.32 Å². The SMILES string of the molecule is COc1ccc(CC(=O)NCCOc2ccc(F)cc2)cc1C. The quantitative estimate of drug-likeness (QED) is 0.799. The highest BCUT2D eigenvalue weighted by molar-refractivity contribution is 5.78. The highest BCUT2D eigenvalue weighted by Gasteiger charge is 2.05. The van der Waals surface area contributed by atoms with Crippen molar-refractivity contribution in [2.24, 2.45) is 0 Å². The molecule has 0 aliphatic carbocycles. The van der Waals surface area contributed by atoms with Crippen LogP contribution in [-0.4, -0.2) is 26.2 Å². The number of amides is 1. The number of aryl methyl sites for hydroxylation is 1. The van der Waals surface area contributed by atoms with E-state index in [1.165, 1.54) is 12.1 Å². The summed E-state index contributed by atoms with van der Waals surface area (Å²) in [5.74, 6) is 1.01. The molecule has 0 fully saturated rings. The summed E-state index contributed by atoms with van der Waals surface area (Å²) in [6, 6.07) is 11.4. The zero-order valence-corrected chi connectivity index (χ0v) is 13.3. The van der Waals surface area contributed by atoms with Gasteiger partial charge in [0.2, 0.25) is 5.91 Å². The van der Waals surface area contributed by atoms with E-state index < -0.39 is 0 Å². The molecule has 2 aromatic carbocycles. The first kappa shape index (κ1) is 16.8. The molecule has 0 unspecified atom stereocenters. The Hall–Kier alpha value is -2.56. The fourth-order valence-electron chi connectivity index (χ4n) is 2.19. The molecule has 0 spiro atoms. The van der Waals surface area contributed by atoms with E-state index in [1.807, 2.05) is 25.1 Å². The Balaban J connectivity index is 1.72. The summed E-state index contributed by atoms with van der Waals surface area (Å²) in [6.45, 7) is 2.67. The minimum atomic E-state index is -0.305. The average molecular weight is 317 g/mol. The number of rotatable bonds is 7. The number of ether oxygens (including phenoxy) is 2. The molecule has 0 aliphatic rings. The maximum absolute atomic E-state index is 12.7. The van der Waals surface area contributed by atoms with Crippen LogP contribution in [0.3, 0.4) is 0 Å². The lowest BCUT2D eigenvalue weighted by molar-refractivity contribution is -0.120. The van der Waals surface area contributed by atoms with Crippen LogP contribution in [0.4, 0.5) is 4.39 Å². The Morgan fingerprint density at radius 2 is 1.91 bits per heavy atom. The van der Waals surface area contributed by atoms with Gasteiger partial charge >= 0.3 is 0 Å². The van der Waals surface area contributed by atoms with Crippen LogP contribution in [-0.2, 0) is 11.2 Å². The molecule has 0 radical (unpaired) electrons. The smallest absolute Gasteiger partial charge is 0.224 e. The van der Waals surface area contributed by atoms with Gasteiger partial charge in [0.05, 0.1) is 20.1 Å². The van der Waals surface area contributed by atoms with Gasteiger partial charge in [-0.05, 0) is 48.4 Å². The van der Waals surface area contributed by atoms with Crippen molar-refractivity contribution in [1.29, 1.82) is 0 Å². The van der Waals surface area contributed by atoms with Crippen LogP contribution in [0.5, 0.6) is 11.5 Å². The molecule has 2 rings (SSSR count). The summed E-state index contributed by atoms with van der Waals surface area (Å²) in [4.78, 5) is 11.9. The monoisotopic (exact) mass is 317 g/mol. The lowest BCUT2D eigenvalue weighted by atomic mass is 10.1. The van der Waals surface area contributed by atoms with Gasteiger partial charge < -0.3 is 14.8 Å². The molecule has 1 amide bonds. The molecule has 0 bridgehead atoms. The third kappa shape index (κ3) is 5.29. The topological polar surface area (TPSA) is 47.6 Å². The van der Waals surface area contributed by atoms with Crippen molar-refractivity contribution in [3.8, 4) is 11.5 Å². The predicted octanol–water partition coefficient (Wildman–Crippen LogP) is 2.88. The molecule has 0 saturated heterocycles. The Morgan fingerprint density at radius 3 is 2.57 bits per heavy atom. The van der Waals surface area contributed by atoms with E-state index in [9.17, 15) is 9.18 Å². The molecule has 0 heterocycles. The van der Waals surface area contributed by atoms with Gasteiger partial charge in [-0.3, -0.25) is 4.79 Å². The molecule has 0 atom stereocenters. The first-order valence-corrected chi connectivity index (χ1v) is 7.37. The van der Waals surface area contributed by atoms with Gasteiger partial charge in [-0.2, -0.15) is 0 Å². The van der Waals surface area contributed by atoms with E-state index in [0.717, 1.165) is 16.9 Å². The maximum Gasteiger partial charge on any atom is 0.224 e. The number of hydrogen-bond donors (Lipinski definition) is 1. The van der Waals surface area contributed by atoms with Crippen LogP contribution in [0.15, 0.2) is 42.5 Å². The Kier molecular flexibility index (Phi) is 5.97. The van der Waals surface area contributed by atoms with E-state index in [-0.39, 0.29) is 11.7 Å². The standard InChI is InChI=1S/C18H20FNO3/c1-13-11-14(3-8-17(13)22-2)12-18(21)20-9-10-23-16-6-4-15(19)5-7-16/h3-8,11H,9-10,12H2,1-2H3,(H,20,21). The zero-order valence-electron chi connectivity index (χ0n) is 13.3. The van der Waals surface area contributed by atoms with Crippen LogP contribution in [0.1, 0.15) is 11.1 Å². The molecule has 2 aromatic rings. The number of carbonyl (C=O) groups excluding carboxylic acids is 1. The van der Waals surface area contributed by atoms with Gasteiger partial charge in [-0.1, -0.05) is 12.1 Å². The first-order chi connectivity index (χ1) is 11.1. The van der Waals surface area contributed by atoms with Gasteiger partial charge in [0.15, 0.2) is 0 Å². The van der Waals surface area contributed by atoms with Crippen molar-refractivity contribution in [2.75, 3.05) is 20.3 Å². The molecular formula is C18H20FNO3. The minimum absolute atomic E-state index is 0.0720. The van der Waals surface area contributed by atoms with Crippen molar-refractivity contribution < 1.29 is 18.7 Å². The summed E-state index contributed by atoms with van der Waals surface area (Å²) in [7, 11) is 1.62. The van der Waals surface area contributed by atoms with Crippen LogP contribution in [0, 0.1) is 12.7 Å². The summed E-state index contributed by atoms with van der Waals surface area (Å²) in [5, 5.41) is 2.79. The molecule has 0 saturated carbocycles. The van der Waals surface area contributed by atoms with E-state index in [0.29, 0.717) is 25.3 Å². The highest BCUT2D eigenvalue weighted by atomic mass is 19.1. The second-order valence-electron chi connectivity index (χ2n) is 5.13. The lowest BCUT2D eigenvalue weighted by Crippen LogP contribution is -2.29. The van der Waals surface area contributed by atoms with Gasteiger partial charge in [0.25, 0.3) is 0 Å². The molecule has 122 valence electrons. The maximum atomic E-state index is 12.7. The van der Waals surface area contributed by atoms with E-state index >= 15 is 0 Å². The third-order valence-corrected chi connectivity index (χ3v) is 3.33. The van der Waals surface area contributed by atoms with Crippen molar-refractivity contribution >= 4 is 5.91 Å². The average Bonchev–Trinajstić information content (AvgIpc) is 2.53. The summed E-state index contributed by atoms with van der Waals surface area (Å²) in [5.41, 5.74) is 1.93. The second kappa shape index (κ2) is 8.17. The van der Waals surface area contributed by atoms with Crippen molar-refractivity contribution in [3.63, 3.8) is 0 Å². The fraction of sp³-hybridized carbons (Fsp3) is 0.278. The van der Waals surface area contributed by atoms with Gasteiger partial charge in [-0.25, -0.2) is 4.39 Å². The highest BCUT2D eigenvalue weighted by Crippen LogP contribution is 2.18. The molecule has 5 heteroatoms. The Bertz CT molecular complexity index is 656. The number of hydrogen-bond acceptors (Lipinski definition) is 3. The van der Waals surface area contributed by atoms with Crippen LogP contribution < -0.4 is 14.8 Å². The van der Waals surface area contributed by atoms with Crippen LogP contribution in [0.2, 0.25) is 0 Å². The number of carbonyl (C=O) groups is 1. The Morgan fingerprint density at radius 1 is 1.17 bits per heavy atom. The van der Waals surface area contributed by atoms with Gasteiger partial charge in [0, 0.05) is 0 Å². The van der Waals surface area contributed by atoms with Crippen molar-refractivity contribution in [2.45, 2.75) is 13.3 Å². The number of nitrogens with one attached hydrogen (secondary N) is 1. The lowest BCUT2D eigenvalue weighted by Gasteiger charge is -2.09. The molecule has 4 nitrogen and oxygen atoms in total. The summed E-state index contributed by atoms with van der Waals surface area (Å²) >= 11 is 0. The zero-order chi connectivity index (χ0) is 16.7. The van der Waals surface area contributed by atoms with Crippen molar-refractivity contribution in [1.82, 2.24) is 5.32 Å². The minimum Gasteiger partial charge on any atom is -0.496 e. The predicted molar refractivity (Wildman–Crippen MR) is 86.3 cm³/mol. The molecule has 0 aliphatic heterocycles. The summed E-state index contributed by atoms with van der Waals surface area (Å²) < 4.78 is 23.3. The van der Waals surface area contributed by atoms with E-state index in [1.54, 1.807) is 19.2 Å². The summed E-state index contributed by atoms with van der Waals surface area (Å²) in [6.07, 6.45) is 0.307. The van der Waals surface area contributed by atoms with Crippen LogP contribution in [0.25, 0.3) is 0 Å². The van der Waals surface area contributed by atoms with Crippen molar-refractivity contribution in [3.05, 3.63) is 59.4 Å².